The second kappa shape index (κ2) is 14.0. The Kier molecular flexibility index (Phi) is 13.1. The molecular formula is C18H31NO4. The van der Waals surface area contributed by atoms with E-state index in [2.05, 4.69) is 12.2 Å². The molecule has 0 saturated heterocycles. The molecule has 0 fully saturated rings. The summed E-state index contributed by atoms with van der Waals surface area (Å²) in [6, 6.07) is 6.72. The van der Waals surface area contributed by atoms with Crippen molar-refractivity contribution < 1.29 is 20.1 Å². The van der Waals surface area contributed by atoms with Gasteiger partial charge in [0.1, 0.15) is 5.75 Å². The van der Waals surface area contributed by atoms with Gasteiger partial charge in [-0.25, -0.2) is 0 Å². The highest BCUT2D eigenvalue weighted by atomic mass is 16.4. The van der Waals surface area contributed by atoms with Crippen LogP contribution < -0.4 is 5.32 Å². The average molecular weight is 325 g/mol. The number of carbonyl (C=O) groups is 1. The van der Waals surface area contributed by atoms with Crippen LogP contribution in [0, 0.1) is 0 Å². The fraction of sp³-hybridized carbons (Fsp3) is 0.611. The van der Waals surface area contributed by atoms with Gasteiger partial charge in [0.05, 0.1) is 6.10 Å². The summed E-state index contributed by atoms with van der Waals surface area (Å²) in [6.45, 7) is 4.84. The summed E-state index contributed by atoms with van der Waals surface area (Å²) >= 11 is 0. The molecule has 1 rings (SSSR count). The minimum Gasteiger partial charge on any atom is -0.508 e. The number of unbranched alkanes of at least 4 members (excludes halogenated alkanes) is 5. The van der Waals surface area contributed by atoms with E-state index in [0.29, 0.717) is 6.54 Å². The second-order valence-corrected chi connectivity index (χ2v) is 5.60. The Labute approximate surface area is 139 Å². The number of aliphatic hydroxyl groups excluding tert-OH is 1. The van der Waals surface area contributed by atoms with Crippen LogP contribution in [0.15, 0.2) is 24.3 Å². The Morgan fingerprint density at radius 2 is 1.61 bits per heavy atom. The van der Waals surface area contributed by atoms with Crippen LogP contribution in [0.1, 0.15) is 64.0 Å². The van der Waals surface area contributed by atoms with Gasteiger partial charge < -0.3 is 20.6 Å². The third kappa shape index (κ3) is 13.8. The third-order valence-corrected chi connectivity index (χ3v) is 3.32. The molecule has 0 radical (unpaired) electrons. The zero-order valence-electron chi connectivity index (χ0n) is 14.3. The third-order valence-electron chi connectivity index (χ3n) is 3.32. The number of hydrogen-bond acceptors (Lipinski definition) is 4. The van der Waals surface area contributed by atoms with Gasteiger partial charge in [0.15, 0.2) is 0 Å². The number of benzene rings is 1. The van der Waals surface area contributed by atoms with Crippen LogP contribution in [-0.2, 0) is 4.79 Å². The minimum absolute atomic E-state index is 0.232. The van der Waals surface area contributed by atoms with E-state index >= 15 is 0 Å². The predicted octanol–water partition coefficient (Wildman–Crippen LogP) is 3.47. The van der Waals surface area contributed by atoms with E-state index in [-0.39, 0.29) is 5.75 Å². The van der Waals surface area contributed by atoms with Crippen LogP contribution in [0.25, 0.3) is 0 Å². The van der Waals surface area contributed by atoms with E-state index in [0.717, 1.165) is 19.0 Å². The molecule has 0 amide bonds. The molecule has 0 aliphatic rings. The maximum Gasteiger partial charge on any atom is 0.300 e. The normalized spacial score (nSPS) is 11.4. The molecule has 1 unspecified atom stereocenters. The van der Waals surface area contributed by atoms with Gasteiger partial charge in [-0.2, -0.15) is 0 Å². The Bertz CT molecular complexity index is 402. The molecule has 1 aromatic rings. The smallest absolute Gasteiger partial charge is 0.300 e. The molecule has 4 N–H and O–H groups in total. The lowest BCUT2D eigenvalue weighted by atomic mass is 10.1. The van der Waals surface area contributed by atoms with Crippen molar-refractivity contribution in [2.75, 3.05) is 13.1 Å². The van der Waals surface area contributed by atoms with Crippen LogP contribution in [0.3, 0.4) is 0 Å². The fourth-order valence-electron chi connectivity index (χ4n) is 2.08. The second-order valence-electron chi connectivity index (χ2n) is 5.60. The molecule has 1 aromatic carbocycles. The molecule has 5 heteroatoms. The lowest BCUT2D eigenvalue weighted by Gasteiger charge is -2.12. The van der Waals surface area contributed by atoms with Gasteiger partial charge in [-0.3, -0.25) is 4.79 Å². The summed E-state index contributed by atoms with van der Waals surface area (Å²) < 4.78 is 0. The summed E-state index contributed by atoms with van der Waals surface area (Å²) in [7, 11) is 0. The molecule has 0 heterocycles. The van der Waals surface area contributed by atoms with Crippen molar-refractivity contribution >= 4 is 5.97 Å². The first-order valence-corrected chi connectivity index (χ1v) is 8.34. The molecule has 23 heavy (non-hydrogen) atoms. The quantitative estimate of drug-likeness (QED) is 0.495. The van der Waals surface area contributed by atoms with Crippen molar-refractivity contribution in [1.82, 2.24) is 5.32 Å². The van der Waals surface area contributed by atoms with Crippen LogP contribution in [0.5, 0.6) is 5.75 Å². The number of phenols is 1. The molecule has 0 bridgehead atoms. The first kappa shape index (κ1) is 21.4. The summed E-state index contributed by atoms with van der Waals surface area (Å²) in [5, 5.41) is 29.8. The largest absolute Gasteiger partial charge is 0.508 e. The molecule has 0 aliphatic carbocycles. The first-order chi connectivity index (χ1) is 11.0. The Hall–Kier alpha value is -1.59. The number of carboxylic acids is 1. The van der Waals surface area contributed by atoms with Crippen molar-refractivity contribution in [2.45, 2.75) is 58.5 Å². The SMILES string of the molecule is CC(=O)O.CCCCCCCCNCC(O)c1ccc(O)cc1. The van der Waals surface area contributed by atoms with E-state index in [1.807, 2.05) is 0 Å². The molecule has 0 saturated carbocycles. The number of rotatable bonds is 10. The van der Waals surface area contributed by atoms with Gasteiger partial charge in [-0.05, 0) is 30.7 Å². The van der Waals surface area contributed by atoms with E-state index in [1.54, 1.807) is 24.3 Å². The number of hydrogen-bond donors (Lipinski definition) is 4. The van der Waals surface area contributed by atoms with Gasteiger partial charge in [0, 0.05) is 13.5 Å². The average Bonchev–Trinajstić information content (AvgIpc) is 2.50. The summed E-state index contributed by atoms with van der Waals surface area (Å²) in [4.78, 5) is 9.00. The molecule has 0 spiro atoms. The maximum atomic E-state index is 9.94. The number of aliphatic hydroxyl groups is 1. The number of nitrogens with one attached hydrogen (secondary N) is 1. The summed E-state index contributed by atoms with van der Waals surface area (Å²) in [5.74, 6) is -0.601. The highest BCUT2D eigenvalue weighted by molar-refractivity contribution is 5.62. The molecule has 0 aromatic heterocycles. The van der Waals surface area contributed by atoms with Crippen molar-refractivity contribution in [3.05, 3.63) is 29.8 Å². The van der Waals surface area contributed by atoms with Crippen molar-refractivity contribution in [2.24, 2.45) is 0 Å². The zero-order chi connectivity index (χ0) is 17.5. The van der Waals surface area contributed by atoms with E-state index in [4.69, 9.17) is 9.90 Å². The van der Waals surface area contributed by atoms with Gasteiger partial charge in [0.2, 0.25) is 0 Å². The molecular weight excluding hydrogens is 294 g/mol. The Morgan fingerprint density at radius 1 is 1.09 bits per heavy atom. The zero-order valence-corrected chi connectivity index (χ0v) is 14.3. The summed E-state index contributed by atoms with van der Waals surface area (Å²) in [5.41, 5.74) is 0.841. The van der Waals surface area contributed by atoms with Gasteiger partial charge in [0.25, 0.3) is 5.97 Å². The molecule has 5 nitrogen and oxygen atoms in total. The Morgan fingerprint density at radius 3 is 2.17 bits per heavy atom. The van der Waals surface area contributed by atoms with E-state index in [1.165, 1.54) is 38.5 Å². The van der Waals surface area contributed by atoms with Crippen LogP contribution in [0.2, 0.25) is 0 Å². The van der Waals surface area contributed by atoms with E-state index < -0.39 is 12.1 Å². The first-order valence-electron chi connectivity index (χ1n) is 8.34. The van der Waals surface area contributed by atoms with Crippen LogP contribution in [-0.4, -0.2) is 34.4 Å². The monoisotopic (exact) mass is 325 g/mol. The Balaban J connectivity index is 0.00000108. The fourth-order valence-corrected chi connectivity index (χ4v) is 2.08. The van der Waals surface area contributed by atoms with Crippen molar-refractivity contribution in [1.29, 1.82) is 0 Å². The maximum absolute atomic E-state index is 9.94. The topological polar surface area (TPSA) is 89.8 Å². The summed E-state index contributed by atoms with van der Waals surface area (Å²) in [6.07, 6.45) is 7.22. The lowest BCUT2D eigenvalue weighted by Crippen LogP contribution is -2.22. The number of aromatic hydroxyl groups is 1. The lowest BCUT2D eigenvalue weighted by molar-refractivity contribution is -0.134. The number of phenolic OH excluding ortho intramolecular Hbond substituents is 1. The minimum atomic E-state index is -0.833. The van der Waals surface area contributed by atoms with Crippen LogP contribution >= 0.6 is 0 Å². The number of aliphatic carboxylic acids is 1. The highest BCUT2D eigenvalue weighted by Gasteiger charge is 2.06. The van der Waals surface area contributed by atoms with Crippen molar-refractivity contribution in [3.63, 3.8) is 0 Å². The van der Waals surface area contributed by atoms with Gasteiger partial charge >= 0.3 is 0 Å². The molecule has 1 atom stereocenters. The van der Waals surface area contributed by atoms with Crippen molar-refractivity contribution in [3.8, 4) is 5.75 Å². The van der Waals surface area contributed by atoms with Crippen LogP contribution in [0.4, 0.5) is 0 Å². The standard InChI is InChI=1S/C16H27NO2.C2H4O2/c1-2-3-4-5-6-7-12-17-13-16(19)14-8-10-15(18)11-9-14;1-2(3)4/h8-11,16-19H,2-7,12-13H2,1H3;1H3,(H,3,4). The number of carboxylic acid groups (broad SMARTS) is 1. The molecule has 132 valence electrons. The van der Waals surface area contributed by atoms with Gasteiger partial charge in [-0.15, -0.1) is 0 Å². The predicted molar refractivity (Wildman–Crippen MR) is 92.6 cm³/mol. The van der Waals surface area contributed by atoms with E-state index in [9.17, 15) is 10.2 Å². The highest BCUT2D eigenvalue weighted by Crippen LogP contribution is 2.16. The molecule has 0 aliphatic heterocycles. The van der Waals surface area contributed by atoms with Gasteiger partial charge in [-0.1, -0.05) is 51.2 Å².